The van der Waals surface area contributed by atoms with Crippen LogP contribution in [0.4, 0.5) is 37.8 Å². The summed E-state index contributed by atoms with van der Waals surface area (Å²) in [6, 6.07) is 20.7. The summed E-state index contributed by atoms with van der Waals surface area (Å²) in [6.07, 6.45) is -9.81. The Hall–Kier alpha value is -3.41. The number of halogens is 7. The Bertz CT molecular complexity index is 1620. The van der Waals surface area contributed by atoms with Crippen molar-refractivity contribution in [2.75, 3.05) is 11.4 Å². The van der Waals surface area contributed by atoms with Crippen LogP contribution in [0.15, 0.2) is 78.9 Å². The molecule has 1 aliphatic rings. The first kappa shape index (κ1) is 33.0. The van der Waals surface area contributed by atoms with Crippen LogP contribution >= 0.6 is 11.6 Å². The third kappa shape index (κ3) is 6.61. The molecule has 1 atom stereocenters. The molecule has 0 fully saturated rings. The van der Waals surface area contributed by atoms with Gasteiger partial charge in [0.15, 0.2) is 0 Å². The summed E-state index contributed by atoms with van der Waals surface area (Å²) < 4.78 is 90.6. The van der Waals surface area contributed by atoms with Crippen LogP contribution in [-0.2, 0) is 22.4 Å². The number of alkyl halides is 6. The van der Waals surface area contributed by atoms with E-state index in [1.807, 2.05) is 81.4 Å². The van der Waals surface area contributed by atoms with Gasteiger partial charge in [-0.25, -0.2) is 9.97 Å². The molecule has 0 bridgehead atoms. The highest BCUT2D eigenvalue weighted by molar-refractivity contribution is 6.32. The van der Waals surface area contributed by atoms with Crippen LogP contribution < -0.4 is 4.90 Å². The zero-order valence-corrected chi connectivity index (χ0v) is 26.6. The van der Waals surface area contributed by atoms with E-state index >= 15 is 0 Å². The van der Waals surface area contributed by atoms with Crippen LogP contribution in [-0.4, -0.2) is 26.3 Å². The molecule has 2 radical (unpaired) electrons. The van der Waals surface area contributed by atoms with Gasteiger partial charge in [0.05, 0.1) is 16.8 Å². The quantitative estimate of drug-likeness (QED) is 0.117. The van der Waals surface area contributed by atoms with Crippen molar-refractivity contribution < 1.29 is 30.8 Å². The number of aryl methyl sites for hydroxylation is 1. The molecule has 4 aromatic rings. The average molecular weight is 662 g/mol. The molecule has 0 amide bonds. The van der Waals surface area contributed by atoms with Crippen LogP contribution in [0.3, 0.4) is 0 Å². The van der Waals surface area contributed by atoms with Crippen molar-refractivity contribution in [1.29, 1.82) is 0 Å². The monoisotopic (exact) mass is 661 g/mol. The van der Waals surface area contributed by atoms with E-state index in [4.69, 9.17) is 16.0 Å². The molecule has 1 unspecified atom stereocenters. The van der Waals surface area contributed by atoms with Gasteiger partial charge in [0.25, 0.3) is 0 Å². The summed E-state index contributed by atoms with van der Waals surface area (Å²) in [5.74, 6) is -0.291. The smallest absolute Gasteiger partial charge is 0.403 e. The van der Waals surface area contributed by atoms with Gasteiger partial charge in [-0.15, -0.1) is 0 Å². The zero-order chi connectivity index (χ0) is 32.8. The molecule has 1 aliphatic heterocycles. The van der Waals surface area contributed by atoms with Gasteiger partial charge < -0.3 is 9.33 Å². The van der Waals surface area contributed by atoms with Gasteiger partial charge in [0.2, 0.25) is 9.76 Å². The maximum Gasteiger partial charge on any atom is 0.418 e. The van der Waals surface area contributed by atoms with Crippen LogP contribution in [0.1, 0.15) is 66.8 Å². The normalized spacial score (nSPS) is 16.1. The molecule has 236 valence electrons. The van der Waals surface area contributed by atoms with Crippen LogP contribution in [0.5, 0.6) is 0 Å². The third-order valence-electron chi connectivity index (χ3n) is 7.57. The first-order chi connectivity index (χ1) is 21.0. The van der Waals surface area contributed by atoms with Gasteiger partial charge >= 0.3 is 12.4 Å². The van der Waals surface area contributed by atoms with Gasteiger partial charge in [-0.2, -0.15) is 26.3 Å². The molecule has 12 heteroatoms. The second-order valence-corrected chi connectivity index (χ2v) is 14.2. The Morgan fingerprint density at radius 3 is 1.89 bits per heavy atom. The van der Waals surface area contributed by atoms with Crippen LogP contribution in [0, 0.1) is 6.92 Å². The van der Waals surface area contributed by atoms with E-state index in [9.17, 15) is 26.3 Å². The topological polar surface area (TPSA) is 38.2 Å². The SMILES string of the molecule is Cc1nc(Cl)c2c(n1)N(c1ccc(C(F)(F)F)cc1C(F)(F)F)CCC2C(O[Si]C(C)(C)C)(c1ccccc1)c1ccccc1. The summed E-state index contributed by atoms with van der Waals surface area (Å²) in [4.78, 5) is 10.3. The number of aromatic nitrogens is 2. The minimum atomic E-state index is -5.08. The summed E-state index contributed by atoms with van der Waals surface area (Å²) >= 11 is 6.88. The second kappa shape index (κ2) is 12.1. The molecule has 5 rings (SSSR count). The lowest BCUT2D eigenvalue weighted by molar-refractivity contribution is -0.142. The van der Waals surface area contributed by atoms with Crippen LogP contribution in [0.2, 0.25) is 10.2 Å². The number of fused-ring (bicyclic) bond motifs is 1. The van der Waals surface area contributed by atoms with Crippen molar-refractivity contribution in [1.82, 2.24) is 9.97 Å². The van der Waals surface area contributed by atoms with Crippen molar-refractivity contribution in [3.63, 3.8) is 0 Å². The third-order valence-corrected chi connectivity index (χ3v) is 8.90. The Morgan fingerprint density at radius 1 is 0.800 bits per heavy atom. The minimum Gasteiger partial charge on any atom is -0.403 e. The minimum absolute atomic E-state index is 0.00280. The van der Waals surface area contributed by atoms with E-state index in [0.29, 0.717) is 11.6 Å². The molecular formula is C33H30ClF6N3OSi. The Balaban J connectivity index is 1.79. The highest BCUT2D eigenvalue weighted by Crippen LogP contribution is 2.55. The fraction of sp³-hybridized carbons (Fsp3) is 0.333. The molecule has 1 aromatic heterocycles. The van der Waals surface area contributed by atoms with Crippen molar-refractivity contribution in [2.24, 2.45) is 0 Å². The molecule has 0 aliphatic carbocycles. The molecule has 0 saturated heterocycles. The molecule has 0 spiro atoms. The van der Waals surface area contributed by atoms with Gasteiger partial charge in [0.1, 0.15) is 22.4 Å². The van der Waals surface area contributed by atoms with Crippen molar-refractivity contribution in [2.45, 2.75) is 63.0 Å². The number of anilines is 2. The lowest BCUT2D eigenvalue weighted by Gasteiger charge is -2.47. The summed E-state index contributed by atoms with van der Waals surface area (Å²) in [6.45, 7) is 7.69. The highest BCUT2D eigenvalue weighted by Gasteiger charge is 2.50. The van der Waals surface area contributed by atoms with Crippen molar-refractivity contribution >= 4 is 32.9 Å². The first-order valence-electron chi connectivity index (χ1n) is 14.2. The summed E-state index contributed by atoms with van der Waals surface area (Å²) in [7, 11) is -0.00280. The van der Waals surface area contributed by atoms with Crippen molar-refractivity contribution in [3.8, 4) is 0 Å². The first-order valence-corrected chi connectivity index (χ1v) is 15.5. The average Bonchev–Trinajstić information content (AvgIpc) is 2.96. The van der Waals surface area contributed by atoms with E-state index in [0.717, 1.165) is 17.2 Å². The lowest BCUT2D eigenvalue weighted by Crippen LogP contribution is -2.45. The number of hydrogen-bond donors (Lipinski definition) is 0. The van der Waals surface area contributed by atoms with Gasteiger partial charge in [-0.05, 0) is 47.7 Å². The Kier molecular flexibility index (Phi) is 8.84. The van der Waals surface area contributed by atoms with Gasteiger partial charge in [-0.3, -0.25) is 0 Å². The Labute approximate surface area is 265 Å². The largest absolute Gasteiger partial charge is 0.418 e. The number of rotatable bonds is 6. The lowest BCUT2D eigenvalue weighted by atomic mass is 9.70. The predicted octanol–water partition coefficient (Wildman–Crippen LogP) is 9.90. The number of benzene rings is 3. The van der Waals surface area contributed by atoms with E-state index in [1.54, 1.807) is 6.92 Å². The van der Waals surface area contributed by atoms with E-state index < -0.39 is 40.7 Å². The van der Waals surface area contributed by atoms with Gasteiger partial charge in [-0.1, -0.05) is 93.0 Å². The molecule has 4 nitrogen and oxygen atoms in total. The predicted molar refractivity (Wildman–Crippen MR) is 163 cm³/mol. The van der Waals surface area contributed by atoms with E-state index in [1.165, 1.54) is 4.90 Å². The van der Waals surface area contributed by atoms with Crippen LogP contribution in [0.25, 0.3) is 0 Å². The maximum atomic E-state index is 14.4. The number of nitrogens with zero attached hydrogens (tertiary/aromatic N) is 3. The highest BCUT2D eigenvalue weighted by atomic mass is 35.5. The maximum absolute atomic E-state index is 14.4. The summed E-state index contributed by atoms with van der Waals surface area (Å²) in [5.41, 5.74) is -2.46. The fourth-order valence-electron chi connectivity index (χ4n) is 5.73. The molecule has 0 saturated carbocycles. The molecular weight excluding hydrogens is 632 g/mol. The second-order valence-electron chi connectivity index (χ2n) is 11.9. The molecule has 3 aromatic carbocycles. The van der Waals surface area contributed by atoms with Crippen molar-refractivity contribution in [3.05, 3.63) is 118 Å². The molecule has 45 heavy (non-hydrogen) atoms. The van der Waals surface area contributed by atoms with E-state index in [-0.39, 0.29) is 50.6 Å². The van der Waals surface area contributed by atoms with E-state index in [2.05, 4.69) is 9.97 Å². The standard InChI is InChI=1S/C33H30ClF6N3OSi/c1-20-41-28(34)27-24(31(44-45-30(2,3)4,21-11-7-5-8-12-21)22-13-9-6-10-14-22)17-18-43(29(27)42-20)26-16-15-23(32(35,36)37)19-25(26)33(38,39)40/h5-16,19,24H,17-18H2,1-4H3. The zero-order valence-electron chi connectivity index (χ0n) is 24.9. The van der Waals surface area contributed by atoms with Gasteiger partial charge in [0, 0.05) is 18.0 Å². The fourth-order valence-corrected chi connectivity index (χ4v) is 6.91. The summed E-state index contributed by atoms with van der Waals surface area (Å²) in [5, 5.41) is -0.208. The Morgan fingerprint density at radius 2 is 1.38 bits per heavy atom. The molecule has 2 heterocycles. The molecule has 0 N–H and O–H groups in total. The number of hydrogen-bond acceptors (Lipinski definition) is 4.